The number of sulfonamides is 1. The van der Waals surface area contributed by atoms with Gasteiger partial charge in [0.1, 0.15) is 0 Å². The zero-order valence-electron chi connectivity index (χ0n) is 7.04. The Morgan fingerprint density at radius 1 is 1.54 bits per heavy atom. The first-order valence-corrected chi connectivity index (χ1v) is 5.85. The van der Waals surface area contributed by atoms with Crippen LogP contribution < -0.4 is 4.72 Å². The Balaban J connectivity index is 2.61. The molecule has 0 aliphatic heterocycles. The van der Waals surface area contributed by atoms with E-state index in [2.05, 4.69) is 10.8 Å². The van der Waals surface area contributed by atoms with Crippen LogP contribution in [0, 0.1) is 6.07 Å². The van der Waals surface area contributed by atoms with Gasteiger partial charge in [-0.05, 0) is 23.8 Å². The van der Waals surface area contributed by atoms with Gasteiger partial charge in [0.05, 0.1) is 6.26 Å². The molecule has 1 aromatic rings. The van der Waals surface area contributed by atoms with E-state index >= 15 is 0 Å². The Morgan fingerprint density at radius 3 is 2.69 bits per heavy atom. The molecule has 1 rings (SSSR count). The molecule has 0 aromatic heterocycles. The van der Waals surface area contributed by atoms with Crippen molar-refractivity contribution in [2.45, 2.75) is 6.54 Å². The van der Waals surface area contributed by atoms with Gasteiger partial charge in [-0.15, -0.1) is 0 Å². The molecule has 3 nitrogen and oxygen atoms in total. The number of halogens is 1. The highest BCUT2D eigenvalue weighted by atomic mass is 35.5. The maximum atomic E-state index is 10.7. The van der Waals surface area contributed by atoms with Crippen molar-refractivity contribution < 1.29 is 8.42 Å². The van der Waals surface area contributed by atoms with Crippen LogP contribution in [0.5, 0.6) is 0 Å². The first-order valence-electron chi connectivity index (χ1n) is 3.58. The van der Waals surface area contributed by atoms with Crippen molar-refractivity contribution in [2.24, 2.45) is 0 Å². The molecule has 1 N–H and O–H groups in total. The van der Waals surface area contributed by atoms with Crippen LogP contribution in [0.4, 0.5) is 0 Å². The quantitative estimate of drug-likeness (QED) is 0.829. The molecule has 0 fully saturated rings. The molecule has 1 radical (unpaired) electrons. The number of rotatable bonds is 3. The minimum Gasteiger partial charge on any atom is -0.213 e. The number of nitrogens with one attached hydrogen (secondary N) is 1. The van der Waals surface area contributed by atoms with E-state index in [1.54, 1.807) is 18.2 Å². The summed E-state index contributed by atoms with van der Waals surface area (Å²) >= 11 is 5.63. The highest BCUT2D eigenvalue weighted by molar-refractivity contribution is 7.88. The van der Waals surface area contributed by atoms with Gasteiger partial charge in [0.2, 0.25) is 10.0 Å². The minimum atomic E-state index is -3.14. The second-order valence-corrected chi connectivity index (χ2v) is 4.89. The topological polar surface area (TPSA) is 46.2 Å². The molecule has 71 valence electrons. The highest BCUT2D eigenvalue weighted by Gasteiger charge is 2.00. The fourth-order valence-electron chi connectivity index (χ4n) is 0.757. The third-order valence-electron chi connectivity index (χ3n) is 1.36. The molecule has 13 heavy (non-hydrogen) atoms. The second kappa shape index (κ2) is 4.09. The average Bonchev–Trinajstić information content (AvgIpc) is 2.02. The Labute approximate surface area is 82.8 Å². The van der Waals surface area contributed by atoms with Crippen LogP contribution in [0.3, 0.4) is 0 Å². The third-order valence-corrected chi connectivity index (χ3v) is 2.27. The predicted molar refractivity (Wildman–Crippen MR) is 52.0 cm³/mol. The zero-order valence-corrected chi connectivity index (χ0v) is 8.61. The first kappa shape index (κ1) is 10.5. The molecule has 0 aliphatic carbocycles. The summed E-state index contributed by atoms with van der Waals surface area (Å²) in [6, 6.07) is 7.86. The van der Waals surface area contributed by atoms with Crippen LogP contribution in [0.25, 0.3) is 0 Å². The van der Waals surface area contributed by atoms with Crippen molar-refractivity contribution in [3.8, 4) is 0 Å². The molecule has 0 amide bonds. The normalized spacial score (nSPS) is 11.5. The summed E-state index contributed by atoms with van der Waals surface area (Å²) in [5, 5.41) is 0.586. The van der Waals surface area contributed by atoms with Gasteiger partial charge in [0, 0.05) is 11.6 Å². The Morgan fingerprint density at radius 2 is 2.23 bits per heavy atom. The first-order chi connectivity index (χ1) is 5.97. The number of hydrogen-bond acceptors (Lipinski definition) is 2. The van der Waals surface area contributed by atoms with Gasteiger partial charge in [0.15, 0.2) is 0 Å². The fraction of sp³-hybridized carbons (Fsp3) is 0.250. The minimum absolute atomic E-state index is 0.246. The smallest absolute Gasteiger partial charge is 0.209 e. The lowest BCUT2D eigenvalue weighted by Gasteiger charge is -2.01. The predicted octanol–water partition coefficient (Wildman–Crippen LogP) is 1.19. The molecule has 5 heteroatoms. The molecular formula is C8H9ClNO2S. The maximum Gasteiger partial charge on any atom is 0.209 e. The molecule has 0 saturated heterocycles. The molecule has 0 saturated carbocycles. The molecule has 0 heterocycles. The monoisotopic (exact) mass is 218 g/mol. The van der Waals surface area contributed by atoms with Crippen molar-refractivity contribution >= 4 is 21.6 Å². The lowest BCUT2D eigenvalue weighted by atomic mass is 10.2. The van der Waals surface area contributed by atoms with Gasteiger partial charge in [-0.2, -0.15) is 0 Å². The lowest BCUT2D eigenvalue weighted by Crippen LogP contribution is -2.21. The van der Waals surface area contributed by atoms with Crippen molar-refractivity contribution in [1.29, 1.82) is 0 Å². The van der Waals surface area contributed by atoms with Gasteiger partial charge in [-0.1, -0.05) is 17.7 Å². The summed E-state index contributed by atoms with van der Waals surface area (Å²) < 4.78 is 23.8. The molecule has 0 atom stereocenters. The Kier molecular flexibility index (Phi) is 3.30. The van der Waals surface area contributed by atoms with Gasteiger partial charge in [-0.25, -0.2) is 13.1 Å². The van der Waals surface area contributed by atoms with E-state index in [0.717, 1.165) is 11.8 Å². The van der Waals surface area contributed by atoms with Crippen LogP contribution in [-0.4, -0.2) is 14.7 Å². The van der Waals surface area contributed by atoms with E-state index in [1.165, 1.54) is 0 Å². The Bertz CT molecular complexity index is 372. The summed E-state index contributed by atoms with van der Waals surface area (Å²) in [6.45, 7) is 0.246. The highest BCUT2D eigenvalue weighted by Crippen LogP contribution is 2.08. The van der Waals surface area contributed by atoms with E-state index in [-0.39, 0.29) is 6.54 Å². The van der Waals surface area contributed by atoms with Gasteiger partial charge in [0.25, 0.3) is 0 Å². The van der Waals surface area contributed by atoms with Crippen molar-refractivity contribution in [1.82, 2.24) is 4.72 Å². The number of benzene rings is 1. The van der Waals surface area contributed by atoms with Gasteiger partial charge in [-0.3, -0.25) is 0 Å². The average molecular weight is 219 g/mol. The largest absolute Gasteiger partial charge is 0.213 e. The van der Waals surface area contributed by atoms with E-state index in [4.69, 9.17) is 11.6 Å². The van der Waals surface area contributed by atoms with Gasteiger partial charge >= 0.3 is 0 Å². The van der Waals surface area contributed by atoms with E-state index in [9.17, 15) is 8.42 Å². The van der Waals surface area contributed by atoms with Crippen molar-refractivity contribution in [3.05, 3.63) is 34.9 Å². The summed E-state index contributed by atoms with van der Waals surface area (Å²) in [6.07, 6.45) is 1.11. The SMILES string of the molecule is CS(=O)(=O)NCc1[c]cc(Cl)cc1. The molecule has 0 aliphatic rings. The van der Waals surface area contributed by atoms with E-state index in [0.29, 0.717) is 5.02 Å². The second-order valence-electron chi connectivity index (χ2n) is 2.63. The van der Waals surface area contributed by atoms with Crippen LogP contribution in [-0.2, 0) is 16.6 Å². The summed E-state index contributed by atoms with van der Waals surface area (Å²) in [7, 11) is -3.14. The molecule has 1 aromatic carbocycles. The molecule has 0 bridgehead atoms. The fourth-order valence-corrected chi connectivity index (χ4v) is 1.29. The molecule has 0 spiro atoms. The van der Waals surface area contributed by atoms with Crippen molar-refractivity contribution in [2.75, 3.05) is 6.26 Å². The number of hydrogen-bond donors (Lipinski definition) is 1. The van der Waals surface area contributed by atoms with E-state index in [1.807, 2.05) is 0 Å². The van der Waals surface area contributed by atoms with Gasteiger partial charge < -0.3 is 0 Å². The Hall–Kier alpha value is -0.580. The lowest BCUT2D eigenvalue weighted by molar-refractivity contribution is 0.587. The van der Waals surface area contributed by atoms with Crippen LogP contribution in [0.1, 0.15) is 5.56 Å². The maximum absolute atomic E-state index is 10.7. The van der Waals surface area contributed by atoms with Crippen LogP contribution in [0.15, 0.2) is 18.2 Å². The van der Waals surface area contributed by atoms with Crippen molar-refractivity contribution in [3.63, 3.8) is 0 Å². The summed E-state index contributed by atoms with van der Waals surface area (Å²) in [5.41, 5.74) is 0.759. The van der Waals surface area contributed by atoms with Crippen LogP contribution >= 0.6 is 11.6 Å². The molecular weight excluding hydrogens is 210 g/mol. The summed E-state index contributed by atoms with van der Waals surface area (Å²) in [5.74, 6) is 0. The van der Waals surface area contributed by atoms with E-state index < -0.39 is 10.0 Å². The van der Waals surface area contributed by atoms with Crippen LogP contribution in [0.2, 0.25) is 5.02 Å². The standard InChI is InChI=1S/C8H9ClNO2S/c1-13(11,12)10-6-7-2-4-8(9)5-3-7/h2,4-5,10H,6H2,1H3. The third kappa shape index (κ3) is 4.26. The summed E-state index contributed by atoms with van der Waals surface area (Å²) in [4.78, 5) is 0. The molecule has 0 unspecified atom stereocenters. The zero-order chi connectivity index (χ0) is 9.90.